The summed E-state index contributed by atoms with van der Waals surface area (Å²) in [5.41, 5.74) is 1.82. The van der Waals surface area contributed by atoms with Gasteiger partial charge in [0.05, 0.1) is 37.7 Å². The number of carbonyl (C=O) groups is 1. The second-order valence-electron chi connectivity index (χ2n) is 9.88. The highest BCUT2D eigenvalue weighted by Crippen LogP contribution is 2.34. The average molecular weight is 579 g/mol. The van der Waals surface area contributed by atoms with E-state index in [9.17, 15) is 9.90 Å². The van der Waals surface area contributed by atoms with Crippen LogP contribution in [0.5, 0.6) is 11.5 Å². The molecular formula is C30H35ClN6O4. The topological polar surface area (TPSA) is 122 Å². The van der Waals surface area contributed by atoms with Crippen molar-refractivity contribution in [3.05, 3.63) is 71.6 Å². The lowest BCUT2D eigenvalue weighted by molar-refractivity contribution is 0.102. The molecule has 11 heteroatoms. The maximum atomic E-state index is 12.5. The molecule has 2 aromatic heterocycles. The van der Waals surface area contributed by atoms with E-state index in [2.05, 4.69) is 44.3 Å². The summed E-state index contributed by atoms with van der Waals surface area (Å²) in [5.74, 6) is 2.38. The average Bonchev–Trinajstić information content (AvgIpc) is 2.96. The zero-order chi connectivity index (χ0) is 29.2. The Morgan fingerprint density at radius 3 is 2.63 bits per heavy atom. The molecule has 3 N–H and O–H groups in total. The van der Waals surface area contributed by atoms with Crippen LogP contribution in [0.15, 0.2) is 61.1 Å². The van der Waals surface area contributed by atoms with Gasteiger partial charge in [0.1, 0.15) is 18.0 Å². The molecule has 0 atom stereocenters. The molecule has 0 saturated heterocycles. The van der Waals surface area contributed by atoms with Gasteiger partial charge in [0.25, 0.3) is 5.91 Å². The van der Waals surface area contributed by atoms with Gasteiger partial charge in [-0.2, -0.15) is 0 Å². The molecule has 1 amide bonds. The zero-order valence-corrected chi connectivity index (χ0v) is 24.2. The molecule has 0 spiro atoms. The maximum absolute atomic E-state index is 12.5. The van der Waals surface area contributed by atoms with Gasteiger partial charge in [0, 0.05) is 41.7 Å². The van der Waals surface area contributed by atoms with Gasteiger partial charge in [-0.25, -0.2) is 15.0 Å². The largest absolute Gasteiger partial charge is 0.493 e. The second kappa shape index (κ2) is 14.6. The van der Waals surface area contributed by atoms with Crippen LogP contribution in [0.3, 0.4) is 0 Å². The van der Waals surface area contributed by atoms with Gasteiger partial charge in [-0.05, 0) is 48.7 Å². The summed E-state index contributed by atoms with van der Waals surface area (Å²) in [6.07, 6.45) is 3.90. The Morgan fingerprint density at radius 1 is 1.07 bits per heavy atom. The van der Waals surface area contributed by atoms with E-state index in [0.717, 1.165) is 24.9 Å². The van der Waals surface area contributed by atoms with Crippen LogP contribution in [-0.2, 0) is 0 Å². The quantitative estimate of drug-likeness (QED) is 0.169. The summed E-state index contributed by atoms with van der Waals surface area (Å²) < 4.78 is 11.7. The highest BCUT2D eigenvalue weighted by atomic mass is 35.5. The number of methoxy groups -OCH3 is 1. The minimum absolute atomic E-state index is 0.142. The van der Waals surface area contributed by atoms with Crippen molar-refractivity contribution in [2.24, 2.45) is 5.92 Å². The molecule has 0 fully saturated rings. The fourth-order valence-corrected chi connectivity index (χ4v) is 4.55. The number of benzene rings is 2. The lowest BCUT2D eigenvalue weighted by Gasteiger charge is -2.23. The van der Waals surface area contributed by atoms with Gasteiger partial charge in [-0.15, -0.1) is 0 Å². The van der Waals surface area contributed by atoms with Crippen molar-refractivity contribution < 1.29 is 19.4 Å². The summed E-state index contributed by atoms with van der Waals surface area (Å²) in [6.45, 7) is 7.40. The van der Waals surface area contributed by atoms with Crippen molar-refractivity contribution in [1.82, 2.24) is 19.9 Å². The number of aromatic nitrogens is 3. The monoisotopic (exact) mass is 578 g/mol. The van der Waals surface area contributed by atoms with Crippen LogP contribution in [-0.4, -0.2) is 70.8 Å². The third-order valence-corrected chi connectivity index (χ3v) is 6.43. The van der Waals surface area contributed by atoms with E-state index >= 15 is 0 Å². The Bertz CT molecular complexity index is 1450. The number of ether oxygens (including phenoxy) is 2. The van der Waals surface area contributed by atoms with Gasteiger partial charge in [-0.1, -0.05) is 31.5 Å². The summed E-state index contributed by atoms with van der Waals surface area (Å²) >= 11 is 5.98. The van der Waals surface area contributed by atoms with Crippen LogP contribution >= 0.6 is 11.6 Å². The predicted molar refractivity (Wildman–Crippen MR) is 161 cm³/mol. The van der Waals surface area contributed by atoms with Crippen LogP contribution in [0, 0.1) is 5.92 Å². The third kappa shape index (κ3) is 8.50. The SMILES string of the molecule is COc1cc2c(Nc3ccc(NC(=O)c4cccc(Cl)c4)nc3)ncnc2cc1OCCCN(CCO)CC(C)C. The molecule has 0 radical (unpaired) electrons. The summed E-state index contributed by atoms with van der Waals surface area (Å²) in [6, 6.07) is 13.9. The predicted octanol–water partition coefficient (Wildman–Crippen LogP) is 5.40. The van der Waals surface area contributed by atoms with E-state index in [4.69, 9.17) is 21.1 Å². The molecule has 0 aliphatic carbocycles. The minimum Gasteiger partial charge on any atom is -0.493 e. The number of nitrogens with one attached hydrogen (secondary N) is 2. The Balaban J connectivity index is 1.41. The van der Waals surface area contributed by atoms with Crippen LogP contribution in [0.4, 0.5) is 17.3 Å². The van der Waals surface area contributed by atoms with Crippen LogP contribution < -0.4 is 20.1 Å². The molecule has 216 valence electrons. The number of anilines is 3. The Hall–Kier alpha value is -3.99. The number of pyridine rings is 1. The second-order valence-corrected chi connectivity index (χ2v) is 10.3. The first-order valence-electron chi connectivity index (χ1n) is 13.4. The number of hydrogen-bond acceptors (Lipinski definition) is 9. The molecule has 0 unspecified atom stereocenters. The summed E-state index contributed by atoms with van der Waals surface area (Å²) in [4.78, 5) is 27.9. The first-order chi connectivity index (χ1) is 19.9. The number of halogens is 1. The highest BCUT2D eigenvalue weighted by Gasteiger charge is 2.13. The number of rotatable bonds is 14. The van der Waals surface area contributed by atoms with E-state index in [1.54, 1.807) is 49.7 Å². The molecule has 0 aliphatic rings. The molecule has 0 aliphatic heterocycles. The van der Waals surface area contributed by atoms with Gasteiger partial charge >= 0.3 is 0 Å². The number of fused-ring (bicyclic) bond motifs is 1. The van der Waals surface area contributed by atoms with Gasteiger partial charge in [0.2, 0.25) is 0 Å². The van der Waals surface area contributed by atoms with E-state index < -0.39 is 0 Å². The normalized spacial score (nSPS) is 11.2. The van der Waals surface area contributed by atoms with E-state index in [1.807, 2.05) is 12.1 Å². The first-order valence-corrected chi connectivity index (χ1v) is 13.8. The fraction of sp³-hybridized carbons (Fsp3) is 0.333. The highest BCUT2D eigenvalue weighted by molar-refractivity contribution is 6.31. The number of aliphatic hydroxyl groups is 1. The molecule has 2 heterocycles. The van der Waals surface area contributed by atoms with Crippen molar-refractivity contribution >= 4 is 45.7 Å². The number of aliphatic hydroxyl groups excluding tert-OH is 1. The molecule has 4 aromatic rings. The van der Waals surface area contributed by atoms with E-state index in [1.165, 1.54) is 6.33 Å². The maximum Gasteiger partial charge on any atom is 0.256 e. The van der Waals surface area contributed by atoms with E-state index in [0.29, 0.717) is 64.0 Å². The summed E-state index contributed by atoms with van der Waals surface area (Å²) in [7, 11) is 1.59. The minimum atomic E-state index is -0.300. The molecule has 0 saturated carbocycles. The van der Waals surface area contributed by atoms with Crippen molar-refractivity contribution in [1.29, 1.82) is 0 Å². The Morgan fingerprint density at radius 2 is 1.93 bits per heavy atom. The van der Waals surface area contributed by atoms with Crippen molar-refractivity contribution in [3.63, 3.8) is 0 Å². The van der Waals surface area contributed by atoms with E-state index in [-0.39, 0.29) is 12.5 Å². The van der Waals surface area contributed by atoms with Crippen molar-refractivity contribution in [3.8, 4) is 11.5 Å². The Labute approximate surface area is 244 Å². The smallest absolute Gasteiger partial charge is 0.256 e. The number of hydrogen-bond donors (Lipinski definition) is 3. The van der Waals surface area contributed by atoms with Crippen LogP contribution in [0.2, 0.25) is 5.02 Å². The third-order valence-electron chi connectivity index (χ3n) is 6.19. The standard InChI is InChI=1S/C30H35ClN6O4/c1-20(2)18-37(11-12-38)10-5-13-41-27-16-25-24(15-26(27)40-3)29(34-19-33-25)35-23-8-9-28(32-17-23)36-30(39)21-6-4-7-22(31)14-21/h4,6-9,14-17,19-20,38H,5,10-13,18H2,1-3H3,(H,32,36,39)(H,33,34,35). The molecule has 10 nitrogen and oxygen atoms in total. The lowest BCUT2D eigenvalue weighted by Crippen LogP contribution is -2.32. The lowest BCUT2D eigenvalue weighted by atomic mass is 10.2. The fourth-order valence-electron chi connectivity index (χ4n) is 4.36. The molecule has 0 bridgehead atoms. The first kappa shape index (κ1) is 30.0. The molecular weight excluding hydrogens is 544 g/mol. The van der Waals surface area contributed by atoms with Crippen molar-refractivity contribution in [2.45, 2.75) is 20.3 Å². The van der Waals surface area contributed by atoms with Crippen LogP contribution in [0.1, 0.15) is 30.6 Å². The van der Waals surface area contributed by atoms with Crippen LogP contribution in [0.25, 0.3) is 10.9 Å². The number of carbonyl (C=O) groups excluding carboxylic acids is 1. The summed E-state index contributed by atoms with van der Waals surface area (Å²) in [5, 5.41) is 16.6. The zero-order valence-electron chi connectivity index (χ0n) is 23.4. The molecule has 4 rings (SSSR count). The van der Waals surface area contributed by atoms with Gasteiger partial charge in [0.15, 0.2) is 11.5 Å². The number of nitrogens with zero attached hydrogens (tertiary/aromatic N) is 4. The Kier molecular flexibility index (Phi) is 10.7. The number of amides is 1. The van der Waals surface area contributed by atoms with Gasteiger partial charge < -0.3 is 30.1 Å². The molecule has 41 heavy (non-hydrogen) atoms. The van der Waals surface area contributed by atoms with Gasteiger partial charge in [-0.3, -0.25) is 4.79 Å². The van der Waals surface area contributed by atoms with Crippen molar-refractivity contribution in [2.75, 3.05) is 50.6 Å². The molecule has 2 aromatic carbocycles.